The van der Waals surface area contributed by atoms with Crippen LogP contribution in [-0.4, -0.2) is 25.3 Å². The van der Waals surface area contributed by atoms with Crippen LogP contribution in [0.5, 0.6) is 0 Å². The van der Waals surface area contributed by atoms with Crippen molar-refractivity contribution in [2.24, 2.45) is 0 Å². The van der Waals surface area contributed by atoms with Gasteiger partial charge in [-0.15, -0.1) is 0 Å². The van der Waals surface area contributed by atoms with E-state index in [0.717, 1.165) is 0 Å². The number of hydrogen-bond donors (Lipinski definition) is 0. The summed E-state index contributed by atoms with van der Waals surface area (Å²) in [7, 11) is 0. The summed E-state index contributed by atoms with van der Waals surface area (Å²) in [5.41, 5.74) is 1.25. The summed E-state index contributed by atoms with van der Waals surface area (Å²) < 4.78 is 10.3. The second-order valence-corrected chi connectivity index (χ2v) is 4.47. The number of ether oxygens (including phenoxy) is 2. The lowest BCUT2D eigenvalue weighted by Gasteiger charge is -2.15. The Hall–Kier alpha value is -0.870. The van der Waals surface area contributed by atoms with Crippen molar-refractivity contribution in [1.29, 1.82) is 0 Å². The number of esters is 1. The SMILES string of the molecule is CCOC(=O)C(C)OCC(C)c1ccsc1. The molecule has 0 radical (unpaired) electrons. The molecule has 0 aliphatic carbocycles. The Morgan fingerprint density at radius 3 is 2.81 bits per heavy atom. The van der Waals surface area contributed by atoms with Crippen molar-refractivity contribution in [2.75, 3.05) is 13.2 Å². The van der Waals surface area contributed by atoms with Gasteiger partial charge in [-0.2, -0.15) is 11.3 Å². The van der Waals surface area contributed by atoms with Crippen LogP contribution in [0.25, 0.3) is 0 Å². The summed E-state index contributed by atoms with van der Waals surface area (Å²) in [5.74, 6) is 0.0168. The molecule has 3 nitrogen and oxygen atoms in total. The van der Waals surface area contributed by atoms with Crippen LogP contribution < -0.4 is 0 Å². The lowest BCUT2D eigenvalue weighted by atomic mass is 10.1. The van der Waals surface area contributed by atoms with Gasteiger partial charge in [0.1, 0.15) is 0 Å². The molecule has 2 atom stereocenters. The predicted octanol–water partition coefficient (Wildman–Crippen LogP) is 2.82. The zero-order valence-corrected chi connectivity index (χ0v) is 10.8. The molecule has 0 saturated heterocycles. The molecule has 4 heteroatoms. The van der Waals surface area contributed by atoms with Gasteiger partial charge in [-0.1, -0.05) is 6.92 Å². The van der Waals surface area contributed by atoms with Crippen LogP contribution in [0.1, 0.15) is 32.3 Å². The molecule has 1 aromatic rings. The number of carbonyl (C=O) groups excluding carboxylic acids is 1. The highest BCUT2D eigenvalue weighted by atomic mass is 32.1. The van der Waals surface area contributed by atoms with E-state index in [4.69, 9.17) is 9.47 Å². The molecule has 1 heterocycles. The molecule has 90 valence electrons. The van der Waals surface area contributed by atoms with Crippen LogP contribution in [0.4, 0.5) is 0 Å². The molecule has 0 aliphatic rings. The van der Waals surface area contributed by atoms with Gasteiger partial charge in [-0.05, 0) is 36.2 Å². The summed E-state index contributed by atoms with van der Waals surface area (Å²) >= 11 is 1.67. The third kappa shape index (κ3) is 3.94. The maximum atomic E-state index is 11.3. The Balaban J connectivity index is 2.31. The fraction of sp³-hybridized carbons (Fsp3) is 0.583. The van der Waals surface area contributed by atoms with E-state index < -0.39 is 6.10 Å². The Morgan fingerprint density at radius 2 is 2.25 bits per heavy atom. The van der Waals surface area contributed by atoms with Crippen molar-refractivity contribution in [3.63, 3.8) is 0 Å². The zero-order chi connectivity index (χ0) is 12.0. The molecule has 2 unspecified atom stereocenters. The fourth-order valence-corrected chi connectivity index (χ4v) is 2.05. The molecular weight excluding hydrogens is 224 g/mol. The normalized spacial score (nSPS) is 14.4. The van der Waals surface area contributed by atoms with Crippen LogP contribution in [0.3, 0.4) is 0 Å². The molecule has 0 bridgehead atoms. The largest absolute Gasteiger partial charge is 0.464 e. The van der Waals surface area contributed by atoms with E-state index in [1.807, 2.05) is 5.38 Å². The second kappa shape index (κ2) is 6.66. The number of rotatable bonds is 6. The van der Waals surface area contributed by atoms with Gasteiger partial charge >= 0.3 is 5.97 Å². The first-order valence-corrected chi connectivity index (χ1v) is 6.39. The Kier molecular flexibility index (Phi) is 5.49. The molecule has 0 aliphatic heterocycles. The highest BCUT2D eigenvalue weighted by molar-refractivity contribution is 7.07. The Labute approximate surface area is 100 Å². The van der Waals surface area contributed by atoms with Crippen molar-refractivity contribution in [3.05, 3.63) is 22.4 Å². The van der Waals surface area contributed by atoms with E-state index in [-0.39, 0.29) is 5.97 Å². The minimum Gasteiger partial charge on any atom is -0.464 e. The van der Waals surface area contributed by atoms with Crippen LogP contribution in [0.2, 0.25) is 0 Å². The summed E-state index contributed by atoms with van der Waals surface area (Å²) in [4.78, 5) is 11.3. The second-order valence-electron chi connectivity index (χ2n) is 3.69. The standard InChI is InChI=1S/C12H18O3S/c1-4-14-12(13)10(3)15-7-9(2)11-5-6-16-8-11/h5-6,8-10H,4,7H2,1-3H3. The van der Waals surface area contributed by atoms with E-state index in [2.05, 4.69) is 18.4 Å². The van der Waals surface area contributed by atoms with Gasteiger partial charge < -0.3 is 9.47 Å². The topological polar surface area (TPSA) is 35.5 Å². The monoisotopic (exact) mass is 242 g/mol. The lowest BCUT2D eigenvalue weighted by Crippen LogP contribution is -2.24. The molecule has 16 heavy (non-hydrogen) atoms. The molecule has 0 fully saturated rings. The highest BCUT2D eigenvalue weighted by Crippen LogP contribution is 2.18. The van der Waals surface area contributed by atoms with E-state index in [1.165, 1.54) is 5.56 Å². The summed E-state index contributed by atoms with van der Waals surface area (Å²) in [6.07, 6.45) is -0.485. The van der Waals surface area contributed by atoms with Gasteiger partial charge in [0.15, 0.2) is 6.10 Å². The molecule has 0 saturated carbocycles. The minimum atomic E-state index is -0.485. The van der Waals surface area contributed by atoms with Gasteiger partial charge in [0.05, 0.1) is 13.2 Å². The van der Waals surface area contributed by atoms with Gasteiger partial charge in [-0.25, -0.2) is 4.79 Å². The summed E-state index contributed by atoms with van der Waals surface area (Å²) in [6.45, 7) is 6.53. The molecule has 1 rings (SSSR count). The molecule has 0 aromatic carbocycles. The molecule has 0 spiro atoms. The fourth-order valence-electron chi connectivity index (χ4n) is 1.27. The van der Waals surface area contributed by atoms with Crippen molar-refractivity contribution in [2.45, 2.75) is 32.8 Å². The Bertz CT molecular complexity index is 308. The first-order valence-electron chi connectivity index (χ1n) is 5.45. The van der Waals surface area contributed by atoms with Crippen LogP contribution in [-0.2, 0) is 14.3 Å². The third-order valence-electron chi connectivity index (χ3n) is 2.33. The van der Waals surface area contributed by atoms with Crippen molar-refractivity contribution >= 4 is 17.3 Å². The first kappa shape index (κ1) is 13.2. The van der Waals surface area contributed by atoms with E-state index in [0.29, 0.717) is 19.1 Å². The molecule has 0 amide bonds. The van der Waals surface area contributed by atoms with Crippen molar-refractivity contribution in [1.82, 2.24) is 0 Å². The van der Waals surface area contributed by atoms with Crippen LogP contribution in [0.15, 0.2) is 16.8 Å². The van der Waals surface area contributed by atoms with Crippen LogP contribution >= 0.6 is 11.3 Å². The average Bonchev–Trinajstić information content (AvgIpc) is 2.79. The maximum absolute atomic E-state index is 11.3. The van der Waals surface area contributed by atoms with Gasteiger partial charge in [0.25, 0.3) is 0 Å². The zero-order valence-electron chi connectivity index (χ0n) is 9.93. The quantitative estimate of drug-likeness (QED) is 0.720. The molecule has 0 N–H and O–H groups in total. The first-order chi connectivity index (χ1) is 7.65. The predicted molar refractivity (Wildman–Crippen MR) is 64.8 cm³/mol. The van der Waals surface area contributed by atoms with E-state index >= 15 is 0 Å². The maximum Gasteiger partial charge on any atom is 0.334 e. The number of carbonyl (C=O) groups is 1. The third-order valence-corrected chi connectivity index (χ3v) is 3.03. The van der Waals surface area contributed by atoms with E-state index in [9.17, 15) is 4.79 Å². The van der Waals surface area contributed by atoms with E-state index in [1.54, 1.807) is 25.2 Å². The summed E-state index contributed by atoms with van der Waals surface area (Å²) in [6, 6.07) is 2.08. The van der Waals surface area contributed by atoms with Crippen LogP contribution in [0, 0.1) is 0 Å². The van der Waals surface area contributed by atoms with Gasteiger partial charge in [-0.3, -0.25) is 0 Å². The minimum absolute atomic E-state index is 0.292. The molecule has 1 aromatic heterocycles. The Morgan fingerprint density at radius 1 is 1.50 bits per heavy atom. The summed E-state index contributed by atoms with van der Waals surface area (Å²) in [5, 5.41) is 4.14. The lowest BCUT2D eigenvalue weighted by molar-refractivity contribution is -0.155. The molecular formula is C12H18O3S. The smallest absolute Gasteiger partial charge is 0.334 e. The van der Waals surface area contributed by atoms with Gasteiger partial charge in [0, 0.05) is 5.92 Å². The van der Waals surface area contributed by atoms with Crippen molar-refractivity contribution < 1.29 is 14.3 Å². The van der Waals surface area contributed by atoms with Gasteiger partial charge in [0.2, 0.25) is 0 Å². The van der Waals surface area contributed by atoms with Crippen molar-refractivity contribution in [3.8, 4) is 0 Å². The highest BCUT2D eigenvalue weighted by Gasteiger charge is 2.16. The number of hydrogen-bond acceptors (Lipinski definition) is 4. The number of thiophene rings is 1. The average molecular weight is 242 g/mol.